The van der Waals surface area contributed by atoms with E-state index in [-0.39, 0.29) is 0 Å². The number of hydrogen-bond donors (Lipinski definition) is 0. The van der Waals surface area contributed by atoms with Gasteiger partial charge in [0.2, 0.25) is 0 Å². The number of aryl methyl sites for hydroxylation is 3. The van der Waals surface area contributed by atoms with Crippen molar-refractivity contribution in [1.82, 2.24) is 0 Å². The molecule has 1 aromatic carbocycles. The van der Waals surface area contributed by atoms with Crippen LogP contribution < -0.4 is 4.74 Å². The second kappa shape index (κ2) is 5.01. The van der Waals surface area contributed by atoms with Crippen LogP contribution in [0.5, 0.6) is 5.75 Å². The molecule has 0 aromatic heterocycles. The van der Waals surface area contributed by atoms with Crippen LogP contribution in [0.3, 0.4) is 0 Å². The molecule has 2 nitrogen and oxygen atoms in total. The van der Waals surface area contributed by atoms with Gasteiger partial charge in [-0.25, -0.2) is 0 Å². The summed E-state index contributed by atoms with van der Waals surface area (Å²) in [4.78, 5) is 0. The van der Waals surface area contributed by atoms with Gasteiger partial charge in [0.25, 0.3) is 0 Å². The summed E-state index contributed by atoms with van der Waals surface area (Å²) in [6, 6.07) is 4.27. The van der Waals surface area contributed by atoms with Crippen molar-refractivity contribution in [3.05, 3.63) is 28.8 Å². The lowest BCUT2D eigenvalue weighted by Crippen LogP contribution is -2.06. The Labute approximate surface area is 85.8 Å². The Hall–Kier alpha value is -1.02. The predicted molar refractivity (Wildman–Crippen MR) is 58.0 cm³/mol. The van der Waals surface area contributed by atoms with E-state index in [1.165, 1.54) is 16.7 Å². The Morgan fingerprint density at radius 1 is 1.00 bits per heavy atom. The molecule has 1 aromatic rings. The number of rotatable bonds is 4. The Kier molecular flexibility index (Phi) is 3.96. The van der Waals surface area contributed by atoms with Crippen molar-refractivity contribution in [1.29, 1.82) is 0 Å². The molecule has 0 aliphatic heterocycles. The molecule has 0 amide bonds. The molecule has 14 heavy (non-hydrogen) atoms. The van der Waals surface area contributed by atoms with E-state index in [9.17, 15) is 0 Å². The molecule has 2 heteroatoms. The van der Waals surface area contributed by atoms with Crippen LogP contribution in [0, 0.1) is 20.8 Å². The van der Waals surface area contributed by atoms with Crippen molar-refractivity contribution in [3.63, 3.8) is 0 Å². The van der Waals surface area contributed by atoms with E-state index in [4.69, 9.17) is 9.47 Å². The molecule has 0 aliphatic carbocycles. The Morgan fingerprint density at radius 2 is 1.57 bits per heavy atom. The van der Waals surface area contributed by atoms with Crippen molar-refractivity contribution >= 4 is 0 Å². The van der Waals surface area contributed by atoms with E-state index in [2.05, 4.69) is 32.9 Å². The molecular formula is C12H18O2. The topological polar surface area (TPSA) is 18.5 Å². The third-order valence-electron chi connectivity index (χ3n) is 2.14. The van der Waals surface area contributed by atoms with Gasteiger partial charge in [-0.3, -0.25) is 0 Å². The average molecular weight is 194 g/mol. The van der Waals surface area contributed by atoms with Crippen LogP contribution in [-0.2, 0) is 4.74 Å². The summed E-state index contributed by atoms with van der Waals surface area (Å²) in [5.41, 5.74) is 3.66. The molecule has 0 N–H and O–H groups in total. The van der Waals surface area contributed by atoms with E-state index < -0.39 is 0 Å². The van der Waals surface area contributed by atoms with E-state index in [0.29, 0.717) is 13.2 Å². The fraction of sp³-hybridized carbons (Fsp3) is 0.500. The minimum atomic E-state index is 0.612. The molecule has 0 aliphatic rings. The zero-order chi connectivity index (χ0) is 10.6. The van der Waals surface area contributed by atoms with Crippen molar-refractivity contribution in [2.45, 2.75) is 20.8 Å². The van der Waals surface area contributed by atoms with Gasteiger partial charge in [-0.05, 0) is 31.9 Å². The molecule has 0 unspecified atom stereocenters. The Balaban J connectivity index is 2.75. The smallest absolute Gasteiger partial charge is 0.125 e. The normalized spacial score (nSPS) is 10.3. The van der Waals surface area contributed by atoms with Crippen LogP contribution in [0.15, 0.2) is 12.1 Å². The first-order valence-corrected chi connectivity index (χ1v) is 4.84. The Morgan fingerprint density at radius 3 is 2.07 bits per heavy atom. The van der Waals surface area contributed by atoms with Crippen LogP contribution in [0.25, 0.3) is 0 Å². The molecule has 0 atom stereocenters. The molecule has 0 heterocycles. The molecule has 0 spiro atoms. The maximum Gasteiger partial charge on any atom is 0.125 e. The maximum absolute atomic E-state index is 5.64. The summed E-state index contributed by atoms with van der Waals surface area (Å²) in [5.74, 6) is 0.993. The van der Waals surface area contributed by atoms with Crippen LogP contribution in [-0.4, -0.2) is 20.3 Å². The van der Waals surface area contributed by atoms with Gasteiger partial charge in [0.1, 0.15) is 12.4 Å². The highest BCUT2D eigenvalue weighted by Gasteiger charge is 2.04. The maximum atomic E-state index is 5.64. The third-order valence-corrected chi connectivity index (χ3v) is 2.14. The summed E-state index contributed by atoms with van der Waals surface area (Å²) in [5, 5.41) is 0. The van der Waals surface area contributed by atoms with Crippen molar-refractivity contribution < 1.29 is 9.47 Å². The van der Waals surface area contributed by atoms with Gasteiger partial charge >= 0.3 is 0 Å². The number of hydrogen-bond acceptors (Lipinski definition) is 2. The Bertz CT molecular complexity index is 282. The third kappa shape index (κ3) is 2.74. The fourth-order valence-electron chi connectivity index (χ4n) is 1.62. The highest BCUT2D eigenvalue weighted by atomic mass is 16.5. The molecule has 0 bridgehead atoms. The standard InChI is InChI=1S/C12H18O2/c1-9-7-10(2)12(11(3)8-9)14-6-5-13-4/h7-8H,5-6H2,1-4H3. The minimum Gasteiger partial charge on any atom is -0.491 e. The molecule has 0 saturated heterocycles. The molecule has 0 radical (unpaired) electrons. The van der Waals surface area contributed by atoms with Crippen LogP contribution in [0.1, 0.15) is 16.7 Å². The van der Waals surface area contributed by atoms with E-state index in [1.807, 2.05) is 0 Å². The fourth-order valence-corrected chi connectivity index (χ4v) is 1.62. The lowest BCUT2D eigenvalue weighted by Gasteiger charge is -2.12. The zero-order valence-electron chi connectivity index (χ0n) is 9.39. The second-order valence-electron chi connectivity index (χ2n) is 3.57. The molecule has 0 saturated carbocycles. The lowest BCUT2D eigenvalue weighted by atomic mass is 10.1. The van der Waals surface area contributed by atoms with Gasteiger partial charge in [-0.15, -0.1) is 0 Å². The van der Waals surface area contributed by atoms with E-state index >= 15 is 0 Å². The molecule has 78 valence electrons. The highest BCUT2D eigenvalue weighted by Crippen LogP contribution is 2.24. The van der Waals surface area contributed by atoms with Crippen molar-refractivity contribution in [2.75, 3.05) is 20.3 Å². The number of methoxy groups -OCH3 is 1. The first kappa shape index (κ1) is 11.1. The van der Waals surface area contributed by atoms with E-state index in [0.717, 1.165) is 5.75 Å². The first-order chi connectivity index (χ1) is 6.65. The summed E-state index contributed by atoms with van der Waals surface area (Å²) in [7, 11) is 1.68. The average Bonchev–Trinajstić information content (AvgIpc) is 2.09. The molecule has 0 fully saturated rings. The summed E-state index contributed by atoms with van der Waals surface area (Å²) in [6.45, 7) is 7.48. The van der Waals surface area contributed by atoms with Gasteiger partial charge in [-0.1, -0.05) is 17.7 Å². The molecule has 1 rings (SSSR count). The highest BCUT2D eigenvalue weighted by molar-refractivity contribution is 5.42. The second-order valence-corrected chi connectivity index (χ2v) is 3.57. The lowest BCUT2D eigenvalue weighted by molar-refractivity contribution is 0.145. The van der Waals surface area contributed by atoms with Crippen molar-refractivity contribution in [2.24, 2.45) is 0 Å². The number of benzene rings is 1. The minimum absolute atomic E-state index is 0.612. The summed E-state index contributed by atoms with van der Waals surface area (Å²) < 4.78 is 10.6. The predicted octanol–water partition coefficient (Wildman–Crippen LogP) is 2.64. The summed E-state index contributed by atoms with van der Waals surface area (Å²) in [6.07, 6.45) is 0. The van der Waals surface area contributed by atoms with Crippen LogP contribution in [0.2, 0.25) is 0 Å². The zero-order valence-corrected chi connectivity index (χ0v) is 9.39. The monoisotopic (exact) mass is 194 g/mol. The van der Waals surface area contributed by atoms with Crippen LogP contribution >= 0.6 is 0 Å². The van der Waals surface area contributed by atoms with Gasteiger partial charge in [0.15, 0.2) is 0 Å². The first-order valence-electron chi connectivity index (χ1n) is 4.84. The van der Waals surface area contributed by atoms with Crippen LogP contribution in [0.4, 0.5) is 0 Å². The van der Waals surface area contributed by atoms with Gasteiger partial charge in [0, 0.05) is 7.11 Å². The molecular weight excluding hydrogens is 176 g/mol. The quantitative estimate of drug-likeness (QED) is 0.686. The SMILES string of the molecule is COCCOc1c(C)cc(C)cc1C. The largest absolute Gasteiger partial charge is 0.491 e. The van der Waals surface area contributed by atoms with Gasteiger partial charge < -0.3 is 9.47 Å². The van der Waals surface area contributed by atoms with Gasteiger partial charge in [0.05, 0.1) is 6.61 Å². The summed E-state index contributed by atoms with van der Waals surface area (Å²) >= 11 is 0. The van der Waals surface area contributed by atoms with Crippen molar-refractivity contribution in [3.8, 4) is 5.75 Å². The number of ether oxygens (including phenoxy) is 2. The van der Waals surface area contributed by atoms with Gasteiger partial charge in [-0.2, -0.15) is 0 Å². The van der Waals surface area contributed by atoms with E-state index in [1.54, 1.807) is 7.11 Å².